The van der Waals surface area contributed by atoms with Crippen LogP contribution in [0.4, 0.5) is 10.1 Å². The van der Waals surface area contributed by atoms with Crippen LogP contribution >= 0.6 is 0 Å². The summed E-state index contributed by atoms with van der Waals surface area (Å²) in [6, 6.07) is 12.1. The molecule has 0 fully saturated rings. The zero-order valence-corrected chi connectivity index (χ0v) is 12.3. The molecule has 2 rings (SSSR count). The van der Waals surface area contributed by atoms with Crippen molar-refractivity contribution in [3.8, 4) is 0 Å². The summed E-state index contributed by atoms with van der Waals surface area (Å²) < 4.78 is 13.3. The number of para-hydroxylation sites is 1. The van der Waals surface area contributed by atoms with Crippen molar-refractivity contribution < 1.29 is 14.4 Å². The Morgan fingerprint density at radius 3 is 2.48 bits per heavy atom. The smallest absolute Gasteiger partial charge is 0.423 e. The molecule has 0 amide bonds. The highest BCUT2D eigenvalue weighted by Crippen LogP contribution is 2.21. The van der Waals surface area contributed by atoms with E-state index in [1.54, 1.807) is 6.07 Å². The summed E-state index contributed by atoms with van der Waals surface area (Å²) in [5, 5.41) is 18.8. The zero-order valence-electron chi connectivity index (χ0n) is 12.3. The Balaban J connectivity index is 2.33. The van der Waals surface area contributed by atoms with Crippen LogP contribution in [0.5, 0.6) is 0 Å². The SMILES string of the molecule is CCN(Cc1ccc(F)cc1B(O)O)c1ccccc1C. The minimum Gasteiger partial charge on any atom is -0.423 e. The van der Waals surface area contributed by atoms with Gasteiger partial charge in [-0.15, -0.1) is 0 Å². The van der Waals surface area contributed by atoms with E-state index in [0.717, 1.165) is 17.8 Å². The largest absolute Gasteiger partial charge is 0.488 e. The van der Waals surface area contributed by atoms with Crippen molar-refractivity contribution in [2.45, 2.75) is 20.4 Å². The van der Waals surface area contributed by atoms with Crippen molar-refractivity contribution in [3.63, 3.8) is 0 Å². The highest BCUT2D eigenvalue weighted by Gasteiger charge is 2.19. The van der Waals surface area contributed by atoms with Gasteiger partial charge in [0.25, 0.3) is 0 Å². The van der Waals surface area contributed by atoms with Gasteiger partial charge in [0.05, 0.1) is 0 Å². The molecule has 0 heterocycles. The fourth-order valence-corrected chi connectivity index (χ4v) is 2.44. The third-order valence-corrected chi connectivity index (χ3v) is 3.59. The van der Waals surface area contributed by atoms with E-state index in [2.05, 4.69) is 4.90 Å². The Kier molecular flexibility index (Phi) is 4.99. The lowest BCUT2D eigenvalue weighted by atomic mass is 9.77. The van der Waals surface area contributed by atoms with Crippen LogP contribution in [-0.2, 0) is 6.54 Å². The van der Waals surface area contributed by atoms with Crippen molar-refractivity contribution in [1.29, 1.82) is 0 Å². The molecule has 2 aromatic carbocycles. The molecule has 0 radical (unpaired) electrons. The molecule has 0 unspecified atom stereocenters. The molecular formula is C16H19BFNO2. The molecule has 3 nitrogen and oxygen atoms in total. The quantitative estimate of drug-likeness (QED) is 0.825. The summed E-state index contributed by atoms with van der Waals surface area (Å²) in [7, 11) is -1.67. The molecule has 0 saturated carbocycles. The molecule has 0 spiro atoms. The van der Waals surface area contributed by atoms with Gasteiger partial charge in [-0.1, -0.05) is 24.3 Å². The minimum absolute atomic E-state index is 0.210. The van der Waals surface area contributed by atoms with E-state index in [9.17, 15) is 14.4 Å². The van der Waals surface area contributed by atoms with Crippen molar-refractivity contribution in [1.82, 2.24) is 0 Å². The third kappa shape index (κ3) is 3.62. The summed E-state index contributed by atoms with van der Waals surface area (Å²) in [5.74, 6) is -0.471. The van der Waals surface area contributed by atoms with Gasteiger partial charge in [-0.05, 0) is 48.6 Å². The van der Waals surface area contributed by atoms with Crippen LogP contribution < -0.4 is 10.4 Å². The third-order valence-electron chi connectivity index (χ3n) is 3.59. The second kappa shape index (κ2) is 6.74. The van der Waals surface area contributed by atoms with E-state index < -0.39 is 12.9 Å². The van der Waals surface area contributed by atoms with Gasteiger partial charge in [-0.2, -0.15) is 0 Å². The summed E-state index contributed by atoms with van der Waals surface area (Å²) in [4.78, 5) is 2.12. The number of hydrogen-bond acceptors (Lipinski definition) is 3. The number of rotatable bonds is 5. The van der Waals surface area contributed by atoms with E-state index in [4.69, 9.17) is 0 Å². The molecule has 0 aliphatic carbocycles. The van der Waals surface area contributed by atoms with Crippen molar-refractivity contribution in [2.75, 3.05) is 11.4 Å². The first-order valence-electron chi connectivity index (χ1n) is 6.98. The van der Waals surface area contributed by atoms with Crippen molar-refractivity contribution >= 4 is 18.3 Å². The summed E-state index contributed by atoms with van der Waals surface area (Å²) in [6.45, 7) is 5.33. The van der Waals surface area contributed by atoms with Crippen LogP contribution in [0.15, 0.2) is 42.5 Å². The predicted molar refractivity (Wildman–Crippen MR) is 84.1 cm³/mol. The Labute approximate surface area is 124 Å². The van der Waals surface area contributed by atoms with E-state index >= 15 is 0 Å². The van der Waals surface area contributed by atoms with Crippen LogP contribution in [0.1, 0.15) is 18.1 Å². The van der Waals surface area contributed by atoms with Gasteiger partial charge in [0.15, 0.2) is 0 Å². The van der Waals surface area contributed by atoms with Crippen LogP contribution in [0, 0.1) is 12.7 Å². The highest BCUT2D eigenvalue weighted by atomic mass is 19.1. The normalized spacial score (nSPS) is 10.5. The van der Waals surface area contributed by atoms with E-state index in [1.165, 1.54) is 12.1 Å². The van der Waals surface area contributed by atoms with E-state index in [0.29, 0.717) is 12.1 Å². The fraction of sp³-hybridized carbons (Fsp3) is 0.250. The van der Waals surface area contributed by atoms with Gasteiger partial charge < -0.3 is 14.9 Å². The van der Waals surface area contributed by atoms with Gasteiger partial charge in [-0.25, -0.2) is 4.39 Å². The van der Waals surface area contributed by atoms with Gasteiger partial charge in [0, 0.05) is 18.8 Å². The lowest BCUT2D eigenvalue weighted by Gasteiger charge is -2.26. The number of nitrogens with zero attached hydrogens (tertiary/aromatic N) is 1. The number of anilines is 1. The Bertz CT molecular complexity index is 619. The molecular weight excluding hydrogens is 268 g/mol. The first-order chi connectivity index (χ1) is 10.0. The van der Waals surface area contributed by atoms with Crippen molar-refractivity contribution in [2.24, 2.45) is 0 Å². The Morgan fingerprint density at radius 1 is 1.14 bits per heavy atom. The molecule has 0 aliphatic rings. The second-order valence-corrected chi connectivity index (χ2v) is 5.02. The Hall–Kier alpha value is -1.85. The number of benzene rings is 2. The molecule has 0 aliphatic heterocycles. The van der Waals surface area contributed by atoms with E-state index in [1.807, 2.05) is 38.1 Å². The van der Waals surface area contributed by atoms with Crippen LogP contribution in [0.3, 0.4) is 0 Å². The molecule has 2 N–H and O–H groups in total. The first kappa shape index (κ1) is 15.5. The lowest BCUT2D eigenvalue weighted by Crippen LogP contribution is -2.36. The maximum atomic E-state index is 13.3. The standard InChI is InChI=1S/C16H19BFNO2/c1-3-19(16-7-5-4-6-12(16)2)11-13-8-9-14(18)10-15(13)17(20)21/h4-10,20-21H,3,11H2,1-2H3. The number of halogens is 1. The zero-order chi connectivity index (χ0) is 15.4. The van der Waals surface area contributed by atoms with Gasteiger partial charge in [0.2, 0.25) is 0 Å². The molecule has 2 aromatic rings. The monoisotopic (exact) mass is 287 g/mol. The second-order valence-electron chi connectivity index (χ2n) is 5.02. The molecule has 0 saturated heterocycles. The molecule has 0 aromatic heterocycles. The maximum Gasteiger partial charge on any atom is 0.488 e. The first-order valence-corrected chi connectivity index (χ1v) is 6.98. The molecule has 110 valence electrons. The van der Waals surface area contributed by atoms with Crippen LogP contribution in [-0.4, -0.2) is 23.7 Å². The molecule has 0 atom stereocenters. The maximum absolute atomic E-state index is 13.3. The summed E-state index contributed by atoms with van der Waals surface area (Å²) in [6.07, 6.45) is 0. The molecule has 0 bridgehead atoms. The fourth-order valence-electron chi connectivity index (χ4n) is 2.44. The van der Waals surface area contributed by atoms with Gasteiger partial charge >= 0.3 is 7.12 Å². The van der Waals surface area contributed by atoms with Crippen LogP contribution in [0.2, 0.25) is 0 Å². The van der Waals surface area contributed by atoms with Gasteiger partial charge in [-0.3, -0.25) is 0 Å². The summed E-state index contributed by atoms with van der Waals surface area (Å²) in [5.41, 5.74) is 3.15. The average molecular weight is 287 g/mol. The predicted octanol–water partition coefficient (Wildman–Crippen LogP) is 1.84. The molecule has 5 heteroatoms. The topological polar surface area (TPSA) is 43.7 Å². The highest BCUT2D eigenvalue weighted by molar-refractivity contribution is 6.59. The average Bonchev–Trinajstić information content (AvgIpc) is 2.46. The Morgan fingerprint density at radius 2 is 1.86 bits per heavy atom. The number of hydrogen-bond donors (Lipinski definition) is 2. The minimum atomic E-state index is -1.67. The number of aryl methyl sites for hydroxylation is 1. The van der Waals surface area contributed by atoms with Crippen LogP contribution in [0.25, 0.3) is 0 Å². The lowest BCUT2D eigenvalue weighted by molar-refractivity contribution is 0.425. The van der Waals surface area contributed by atoms with Crippen molar-refractivity contribution in [3.05, 3.63) is 59.4 Å². The van der Waals surface area contributed by atoms with Gasteiger partial charge in [0.1, 0.15) is 5.82 Å². The summed E-state index contributed by atoms with van der Waals surface area (Å²) >= 11 is 0. The molecule has 21 heavy (non-hydrogen) atoms. The van der Waals surface area contributed by atoms with E-state index in [-0.39, 0.29) is 5.46 Å².